The summed E-state index contributed by atoms with van der Waals surface area (Å²) in [6, 6.07) is 5.22. The molecule has 17 heavy (non-hydrogen) atoms. The van der Waals surface area contributed by atoms with E-state index in [9.17, 15) is 18.2 Å². The molecule has 7 heteroatoms. The second-order valence-corrected chi connectivity index (χ2v) is 4.64. The Bertz CT molecular complexity index is 463. The molecule has 0 bridgehead atoms. The zero-order chi connectivity index (χ0) is 12.8. The number of anilines is 1. The first kappa shape index (κ1) is 13.3. The molecular weight excluding hydrogens is 249 g/mol. The number of benzene rings is 1. The molecule has 0 aliphatic heterocycles. The van der Waals surface area contributed by atoms with Gasteiger partial charge in [-0.1, -0.05) is 6.07 Å². The Morgan fingerprint density at radius 3 is 2.65 bits per heavy atom. The lowest BCUT2D eigenvalue weighted by molar-refractivity contribution is -0.133. The molecule has 92 valence electrons. The van der Waals surface area contributed by atoms with Crippen LogP contribution in [0.4, 0.5) is 10.1 Å². The van der Waals surface area contributed by atoms with Crippen molar-refractivity contribution in [1.29, 1.82) is 0 Å². The number of aliphatic carboxylic acids is 1. The zero-order valence-electron chi connectivity index (χ0n) is 8.68. The fourth-order valence-corrected chi connectivity index (χ4v) is 1.84. The highest BCUT2D eigenvalue weighted by molar-refractivity contribution is 7.86. The van der Waals surface area contributed by atoms with Crippen molar-refractivity contribution in [1.82, 2.24) is 0 Å². The zero-order valence-corrected chi connectivity index (χ0v) is 9.50. The van der Waals surface area contributed by atoms with Crippen LogP contribution in [0, 0.1) is 5.82 Å². The maximum absolute atomic E-state index is 12.8. The lowest BCUT2D eigenvalue weighted by Gasteiger charge is -2.04. The number of halogens is 1. The van der Waals surface area contributed by atoms with Crippen LogP contribution in [0.25, 0.3) is 0 Å². The minimum Gasteiger partial charge on any atom is -0.481 e. The second-order valence-electron chi connectivity index (χ2n) is 3.18. The number of nitrogens with one attached hydrogen (secondary N) is 1. The van der Waals surface area contributed by atoms with E-state index in [1.54, 1.807) is 0 Å². The Balaban J connectivity index is 2.50. The first-order valence-corrected chi connectivity index (χ1v) is 6.08. The van der Waals surface area contributed by atoms with Crippen molar-refractivity contribution in [2.45, 2.75) is 0 Å². The largest absolute Gasteiger partial charge is 0.481 e. The smallest absolute Gasteiger partial charge is 0.316 e. The molecule has 0 spiro atoms. The lowest BCUT2D eigenvalue weighted by atomic mass is 10.3. The molecular formula is C10H10FNO4S. The number of rotatable bonds is 5. The lowest BCUT2D eigenvalue weighted by Crippen LogP contribution is -2.23. The van der Waals surface area contributed by atoms with E-state index in [0.717, 1.165) is 6.07 Å². The predicted molar refractivity (Wildman–Crippen MR) is 60.5 cm³/mol. The van der Waals surface area contributed by atoms with Crippen LogP contribution in [-0.4, -0.2) is 32.7 Å². The summed E-state index contributed by atoms with van der Waals surface area (Å²) in [4.78, 5) is 21.5. The number of hydrogen-bond donors (Lipinski definition) is 2. The molecule has 1 amide bonds. The van der Waals surface area contributed by atoms with E-state index < -0.39 is 40.0 Å². The molecule has 0 aliphatic rings. The van der Waals surface area contributed by atoms with E-state index in [1.165, 1.54) is 18.2 Å². The molecule has 0 saturated heterocycles. The van der Waals surface area contributed by atoms with E-state index in [0.29, 0.717) is 0 Å². The molecule has 2 N–H and O–H groups in total. The average molecular weight is 259 g/mol. The van der Waals surface area contributed by atoms with E-state index in [-0.39, 0.29) is 5.69 Å². The van der Waals surface area contributed by atoms with Gasteiger partial charge in [0.2, 0.25) is 5.91 Å². The number of carbonyl (C=O) groups excluding carboxylic acids is 1. The molecule has 0 heterocycles. The van der Waals surface area contributed by atoms with Crippen molar-refractivity contribution in [3.8, 4) is 0 Å². The third-order valence-electron chi connectivity index (χ3n) is 1.68. The third kappa shape index (κ3) is 5.21. The van der Waals surface area contributed by atoms with Gasteiger partial charge in [-0.25, -0.2) is 4.39 Å². The highest BCUT2D eigenvalue weighted by Gasteiger charge is 2.11. The van der Waals surface area contributed by atoms with Gasteiger partial charge in [-0.2, -0.15) is 0 Å². The summed E-state index contributed by atoms with van der Waals surface area (Å²) in [7, 11) is -1.76. The first-order chi connectivity index (χ1) is 7.97. The van der Waals surface area contributed by atoms with Crippen LogP contribution in [0.2, 0.25) is 0 Å². The van der Waals surface area contributed by atoms with Gasteiger partial charge < -0.3 is 10.4 Å². The summed E-state index contributed by atoms with van der Waals surface area (Å²) in [5.41, 5.74) is 0.238. The summed E-state index contributed by atoms with van der Waals surface area (Å²) in [5, 5.41) is 10.7. The molecule has 1 unspecified atom stereocenters. The first-order valence-electron chi connectivity index (χ1n) is 4.59. The topological polar surface area (TPSA) is 83.5 Å². The number of carboxylic acids is 1. The van der Waals surface area contributed by atoms with Crippen molar-refractivity contribution in [3.63, 3.8) is 0 Å². The van der Waals surface area contributed by atoms with Crippen LogP contribution in [0.1, 0.15) is 0 Å². The SMILES string of the molecule is O=C(O)CS(=O)CC(=O)Nc1cccc(F)c1. The maximum Gasteiger partial charge on any atom is 0.316 e. The number of carboxylic acid groups (broad SMARTS) is 1. The predicted octanol–water partition coefficient (Wildman–Crippen LogP) is 0.597. The van der Waals surface area contributed by atoms with Crippen molar-refractivity contribution in [3.05, 3.63) is 30.1 Å². The normalized spacial score (nSPS) is 11.8. The minimum absolute atomic E-state index is 0.238. The van der Waals surface area contributed by atoms with Crippen LogP contribution < -0.4 is 5.32 Å². The van der Waals surface area contributed by atoms with Crippen molar-refractivity contribution >= 4 is 28.4 Å². The number of hydrogen-bond acceptors (Lipinski definition) is 3. The summed E-state index contributed by atoms with van der Waals surface area (Å²) in [6.07, 6.45) is 0. The van der Waals surface area contributed by atoms with Gasteiger partial charge in [0.25, 0.3) is 0 Å². The molecule has 1 aromatic rings. The fourth-order valence-electron chi connectivity index (χ4n) is 1.10. The Morgan fingerprint density at radius 1 is 1.35 bits per heavy atom. The van der Waals surface area contributed by atoms with E-state index >= 15 is 0 Å². The Labute approximate surface area is 99.1 Å². The van der Waals surface area contributed by atoms with Gasteiger partial charge in [-0.15, -0.1) is 0 Å². The van der Waals surface area contributed by atoms with Crippen LogP contribution in [-0.2, 0) is 20.4 Å². The Morgan fingerprint density at radius 2 is 2.06 bits per heavy atom. The van der Waals surface area contributed by atoms with Crippen molar-refractivity contribution in [2.75, 3.05) is 16.8 Å². The van der Waals surface area contributed by atoms with E-state index in [2.05, 4.69) is 5.32 Å². The molecule has 0 saturated carbocycles. The van der Waals surface area contributed by atoms with Gasteiger partial charge in [-0.3, -0.25) is 13.8 Å². The van der Waals surface area contributed by atoms with E-state index in [4.69, 9.17) is 5.11 Å². The van der Waals surface area contributed by atoms with Crippen LogP contribution >= 0.6 is 0 Å². The maximum atomic E-state index is 12.8. The van der Waals surface area contributed by atoms with Gasteiger partial charge in [0.05, 0.1) is 0 Å². The number of carbonyl (C=O) groups is 2. The summed E-state index contributed by atoms with van der Waals surface area (Å²) in [6.45, 7) is 0. The summed E-state index contributed by atoms with van der Waals surface area (Å²) in [5.74, 6) is -3.37. The summed E-state index contributed by atoms with van der Waals surface area (Å²) < 4.78 is 23.9. The van der Waals surface area contributed by atoms with Crippen molar-refractivity contribution < 1.29 is 23.3 Å². The quantitative estimate of drug-likeness (QED) is 0.811. The monoisotopic (exact) mass is 259 g/mol. The molecule has 5 nitrogen and oxygen atoms in total. The number of amides is 1. The van der Waals surface area contributed by atoms with Gasteiger partial charge in [0.15, 0.2) is 0 Å². The molecule has 1 atom stereocenters. The van der Waals surface area contributed by atoms with Gasteiger partial charge in [0, 0.05) is 16.5 Å². The minimum atomic E-state index is -1.76. The molecule has 0 aliphatic carbocycles. The van der Waals surface area contributed by atoms with Gasteiger partial charge in [0.1, 0.15) is 17.3 Å². The molecule has 0 radical (unpaired) electrons. The molecule has 1 aromatic carbocycles. The summed E-state index contributed by atoms with van der Waals surface area (Å²) >= 11 is 0. The average Bonchev–Trinajstić information content (AvgIpc) is 2.14. The highest BCUT2D eigenvalue weighted by Crippen LogP contribution is 2.08. The highest BCUT2D eigenvalue weighted by atomic mass is 32.2. The van der Waals surface area contributed by atoms with Gasteiger partial charge >= 0.3 is 5.97 Å². The van der Waals surface area contributed by atoms with Crippen LogP contribution in [0.5, 0.6) is 0 Å². The molecule has 0 aromatic heterocycles. The third-order valence-corrected chi connectivity index (χ3v) is 2.84. The second kappa shape index (κ2) is 6.09. The Hall–Kier alpha value is -1.76. The van der Waals surface area contributed by atoms with Crippen LogP contribution in [0.3, 0.4) is 0 Å². The molecule has 0 fully saturated rings. The van der Waals surface area contributed by atoms with Gasteiger partial charge in [-0.05, 0) is 18.2 Å². The van der Waals surface area contributed by atoms with E-state index in [1.807, 2.05) is 0 Å². The standard InChI is InChI=1S/C10H10FNO4S/c11-7-2-1-3-8(4-7)12-9(13)5-17(16)6-10(14)15/h1-4H,5-6H2,(H,12,13)(H,14,15). The Kier molecular flexibility index (Phi) is 4.77. The van der Waals surface area contributed by atoms with Crippen LogP contribution in [0.15, 0.2) is 24.3 Å². The molecule has 1 rings (SSSR count). The van der Waals surface area contributed by atoms with Crippen molar-refractivity contribution in [2.24, 2.45) is 0 Å². The fraction of sp³-hybridized carbons (Fsp3) is 0.200.